The van der Waals surface area contributed by atoms with Gasteiger partial charge in [-0.1, -0.05) is 26.0 Å². The fourth-order valence-corrected chi connectivity index (χ4v) is 4.07. The summed E-state index contributed by atoms with van der Waals surface area (Å²) in [5.74, 6) is 0.448. The number of benzene rings is 1. The van der Waals surface area contributed by atoms with Crippen molar-refractivity contribution < 1.29 is 9.53 Å². The second kappa shape index (κ2) is 10.0. The molecule has 1 atom stereocenters. The first kappa shape index (κ1) is 20.8. The fourth-order valence-electron chi connectivity index (χ4n) is 3.20. The molecule has 152 valence electrons. The number of ether oxygens (including phenoxy) is 1. The molecule has 0 aliphatic carbocycles. The summed E-state index contributed by atoms with van der Waals surface area (Å²) in [4.78, 5) is 19.1. The van der Waals surface area contributed by atoms with Gasteiger partial charge in [0.2, 0.25) is 0 Å². The van der Waals surface area contributed by atoms with Gasteiger partial charge in [-0.05, 0) is 24.6 Å². The summed E-state index contributed by atoms with van der Waals surface area (Å²) >= 11 is 1.68. The number of aromatic nitrogens is 1. The van der Waals surface area contributed by atoms with E-state index >= 15 is 0 Å². The maximum absolute atomic E-state index is 12.1. The molecule has 28 heavy (non-hydrogen) atoms. The van der Waals surface area contributed by atoms with E-state index in [1.54, 1.807) is 11.3 Å². The third-order valence-electron chi connectivity index (χ3n) is 4.97. The fraction of sp³-hybridized carbons (Fsp3) is 0.524. The van der Waals surface area contributed by atoms with Crippen molar-refractivity contribution in [1.82, 2.24) is 15.2 Å². The number of hydrogen-bond donors (Lipinski definition) is 2. The first-order valence-electron chi connectivity index (χ1n) is 9.94. The molecular weight excluding hydrogens is 372 g/mol. The van der Waals surface area contributed by atoms with E-state index in [0.717, 1.165) is 49.1 Å². The van der Waals surface area contributed by atoms with Crippen LogP contribution in [0.15, 0.2) is 29.6 Å². The molecule has 2 N–H and O–H groups in total. The van der Waals surface area contributed by atoms with Crippen LogP contribution >= 0.6 is 11.3 Å². The highest BCUT2D eigenvalue weighted by atomic mass is 32.1. The van der Waals surface area contributed by atoms with Crippen molar-refractivity contribution >= 4 is 23.1 Å². The lowest BCUT2D eigenvalue weighted by atomic mass is 10.1. The molecule has 1 aliphatic heterocycles. The van der Waals surface area contributed by atoms with E-state index in [4.69, 9.17) is 4.74 Å². The van der Waals surface area contributed by atoms with Crippen LogP contribution in [0.4, 0.5) is 10.5 Å². The normalized spacial score (nSPS) is 16.1. The number of morpholine rings is 1. The van der Waals surface area contributed by atoms with Gasteiger partial charge in [0.1, 0.15) is 0 Å². The van der Waals surface area contributed by atoms with Crippen LogP contribution in [0.1, 0.15) is 49.0 Å². The van der Waals surface area contributed by atoms with Crippen LogP contribution in [-0.2, 0) is 11.2 Å². The van der Waals surface area contributed by atoms with Gasteiger partial charge in [-0.3, -0.25) is 4.90 Å². The molecular formula is C21H30N4O2S. The zero-order valence-corrected chi connectivity index (χ0v) is 17.7. The second-order valence-electron chi connectivity index (χ2n) is 7.41. The third-order valence-corrected chi connectivity index (χ3v) is 6.17. The molecule has 1 aromatic heterocycles. The number of urea groups is 1. The van der Waals surface area contributed by atoms with Gasteiger partial charge >= 0.3 is 6.03 Å². The number of nitrogens with zero attached hydrogens (tertiary/aromatic N) is 2. The Hall–Kier alpha value is -1.96. The molecule has 1 fully saturated rings. The Labute approximate surface area is 171 Å². The molecule has 2 heterocycles. The lowest BCUT2D eigenvalue weighted by Crippen LogP contribution is -2.38. The molecule has 0 bridgehead atoms. The monoisotopic (exact) mass is 402 g/mol. The maximum atomic E-state index is 12.1. The quantitative estimate of drug-likeness (QED) is 0.734. The third kappa shape index (κ3) is 5.77. The Morgan fingerprint density at radius 1 is 1.21 bits per heavy atom. The van der Waals surface area contributed by atoms with Gasteiger partial charge in [0.15, 0.2) is 0 Å². The topological polar surface area (TPSA) is 66.5 Å². The van der Waals surface area contributed by atoms with Crippen LogP contribution in [-0.4, -0.2) is 48.8 Å². The number of amides is 2. The summed E-state index contributed by atoms with van der Waals surface area (Å²) in [6.07, 6.45) is 0.743. The predicted octanol–water partition coefficient (Wildman–Crippen LogP) is 4.02. The van der Waals surface area contributed by atoms with Crippen LogP contribution < -0.4 is 10.6 Å². The van der Waals surface area contributed by atoms with Gasteiger partial charge in [-0.15, -0.1) is 11.3 Å². The molecule has 0 radical (unpaired) electrons. The zero-order chi connectivity index (χ0) is 19.9. The largest absolute Gasteiger partial charge is 0.379 e. The number of nitrogens with one attached hydrogen (secondary N) is 2. The van der Waals surface area contributed by atoms with E-state index in [1.165, 1.54) is 5.56 Å². The minimum Gasteiger partial charge on any atom is -0.379 e. The van der Waals surface area contributed by atoms with E-state index in [-0.39, 0.29) is 6.03 Å². The Bertz CT molecular complexity index is 754. The number of rotatable bonds is 7. The number of thiazole rings is 1. The van der Waals surface area contributed by atoms with E-state index in [9.17, 15) is 4.79 Å². The first-order chi connectivity index (χ1) is 13.5. The highest BCUT2D eigenvalue weighted by molar-refractivity contribution is 7.09. The number of carbonyl (C=O) groups excluding carboxylic acids is 1. The standard InChI is InChI=1S/C21H30N4O2S/c1-15(2)20-23-19(14-28-20)8-9-22-21(26)24-18-6-4-17(5-7-18)16(3)25-10-12-27-13-11-25/h4-7,14-16H,8-13H2,1-3H3,(H2,22,24,26). The van der Waals surface area contributed by atoms with Crippen LogP contribution in [0, 0.1) is 0 Å². The molecule has 6 nitrogen and oxygen atoms in total. The summed E-state index contributed by atoms with van der Waals surface area (Å²) in [5, 5.41) is 9.01. The second-order valence-corrected chi connectivity index (χ2v) is 8.30. The van der Waals surface area contributed by atoms with Crippen molar-refractivity contribution in [2.45, 2.75) is 39.2 Å². The Kier molecular flexibility index (Phi) is 7.42. The van der Waals surface area contributed by atoms with E-state index in [2.05, 4.69) is 58.8 Å². The minimum atomic E-state index is -0.187. The number of anilines is 1. The average Bonchev–Trinajstić information content (AvgIpc) is 3.18. The Morgan fingerprint density at radius 2 is 1.93 bits per heavy atom. The maximum Gasteiger partial charge on any atom is 0.319 e. The number of hydrogen-bond acceptors (Lipinski definition) is 5. The van der Waals surface area contributed by atoms with Crippen molar-refractivity contribution in [2.24, 2.45) is 0 Å². The van der Waals surface area contributed by atoms with Gasteiger partial charge < -0.3 is 15.4 Å². The zero-order valence-electron chi connectivity index (χ0n) is 16.9. The predicted molar refractivity (Wildman–Crippen MR) is 114 cm³/mol. The molecule has 3 rings (SSSR count). The SMILES string of the molecule is CC(C)c1nc(CCNC(=O)Nc2ccc(C(C)N3CCOCC3)cc2)cs1. The van der Waals surface area contributed by atoms with Crippen LogP contribution in [0.5, 0.6) is 0 Å². The summed E-state index contributed by atoms with van der Waals surface area (Å²) in [5.41, 5.74) is 3.08. The molecule has 1 aromatic carbocycles. The Balaban J connectivity index is 1.43. The van der Waals surface area contributed by atoms with E-state index < -0.39 is 0 Å². The van der Waals surface area contributed by atoms with Gasteiger partial charge in [-0.25, -0.2) is 9.78 Å². The highest BCUT2D eigenvalue weighted by Gasteiger charge is 2.18. The summed E-state index contributed by atoms with van der Waals surface area (Å²) in [6.45, 7) is 10.6. The van der Waals surface area contributed by atoms with Crippen LogP contribution in [0.2, 0.25) is 0 Å². The summed E-state index contributed by atoms with van der Waals surface area (Å²) < 4.78 is 5.42. The molecule has 1 unspecified atom stereocenters. The van der Waals surface area contributed by atoms with E-state index in [1.807, 2.05) is 12.1 Å². The average molecular weight is 403 g/mol. The Morgan fingerprint density at radius 3 is 2.57 bits per heavy atom. The molecule has 2 amide bonds. The molecule has 2 aromatic rings. The molecule has 1 aliphatic rings. The number of carbonyl (C=O) groups is 1. The molecule has 0 spiro atoms. The first-order valence-corrected chi connectivity index (χ1v) is 10.8. The molecule has 7 heteroatoms. The van der Waals surface area contributed by atoms with Crippen molar-refractivity contribution in [1.29, 1.82) is 0 Å². The van der Waals surface area contributed by atoms with Crippen molar-refractivity contribution in [3.63, 3.8) is 0 Å². The molecule has 1 saturated heterocycles. The van der Waals surface area contributed by atoms with Gasteiger partial charge in [0.25, 0.3) is 0 Å². The minimum absolute atomic E-state index is 0.187. The van der Waals surface area contributed by atoms with Crippen molar-refractivity contribution in [3.05, 3.63) is 45.9 Å². The van der Waals surface area contributed by atoms with Gasteiger partial charge in [0, 0.05) is 49.1 Å². The summed E-state index contributed by atoms with van der Waals surface area (Å²) in [6, 6.07) is 8.24. The van der Waals surface area contributed by atoms with Crippen LogP contribution in [0.25, 0.3) is 0 Å². The molecule has 0 saturated carbocycles. The highest BCUT2D eigenvalue weighted by Crippen LogP contribution is 2.23. The smallest absolute Gasteiger partial charge is 0.319 e. The lowest BCUT2D eigenvalue weighted by Gasteiger charge is -2.32. The van der Waals surface area contributed by atoms with Gasteiger partial charge in [-0.2, -0.15) is 0 Å². The van der Waals surface area contributed by atoms with E-state index in [0.29, 0.717) is 18.5 Å². The van der Waals surface area contributed by atoms with Crippen LogP contribution in [0.3, 0.4) is 0 Å². The lowest BCUT2D eigenvalue weighted by molar-refractivity contribution is 0.0198. The van der Waals surface area contributed by atoms with Gasteiger partial charge in [0.05, 0.1) is 23.9 Å². The van der Waals surface area contributed by atoms with Crippen molar-refractivity contribution in [2.75, 3.05) is 38.2 Å². The summed E-state index contributed by atoms with van der Waals surface area (Å²) in [7, 11) is 0. The van der Waals surface area contributed by atoms with Crippen molar-refractivity contribution in [3.8, 4) is 0 Å².